The van der Waals surface area contributed by atoms with Crippen LogP contribution in [0.3, 0.4) is 0 Å². The number of hydrogen-bond acceptors (Lipinski definition) is 3. The molecule has 0 aliphatic carbocycles. The summed E-state index contributed by atoms with van der Waals surface area (Å²) in [4.78, 5) is 5.19. The highest BCUT2D eigenvalue weighted by molar-refractivity contribution is 9.10. The molecule has 0 unspecified atom stereocenters. The Morgan fingerprint density at radius 3 is 2.62 bits per heavy atom. The molecule has 21 heavy (non-hydrogen) atoms. The number of thiophene rings is 1. The highest BCUT2D eigenvalue weighted by atomic mass is 79.9. The van der Waals surface area contributed by atoms with Gasteiger partial charge in [0, 0.05) is 39.9 Å². The van der Waals surface area contributed by atoms with Crippen molar-refractivity contribution < 1.29 is 0 Å². The van der Waals surface area contributed by atoms with Crippen molar-refractivity contribution in [3.63, 3.8) is 0 Å². The van der Waals surface area contributed by atoms with Crippen LogP contribution in [0.4, 0.5) is 0 Å². The quantitative estimate of drug-likeness (QED) is 0.767. The number of nitrogens with zero attached hydrogens (tertiary/aromatic N) is 1. The maximum atomic E-state index is 3.53. The van der Waals surface area contributed by atoms with Crippen LogP contribution in [0.5, 0.6) is 0 Å². The minimum absolute atomic E-state index is 0.537. The zero-order chi connectivity index (χ0) is 15.2. The molecular weight excluding hydrogens is 344 g/mol. The topological polar surface area (TPSA) is 15.3 Å². The number of nitrogens with one attached hydrogen (secondary N) is 1. The van der Waals surface area contributed by atoms with Crippen molar-refractivity contribution >= 4 is 27.3 Å². The Labute approximate surface area is 140 Å². The van der Waals surface area contributed by atoms with E-state index in [0.717, 1.165) is 24.1 Å². The molecule has 0 saturated carbocycles. The van der Waals surface area contributed by atoms with Gasteiger partial charge in [-0.15, -0.1) is 11.3 Å². The smallest absolute Gasteiger partial charge is 0.0328 e. The number of halogens is 1. The van der Waals surface area contributed by atoms with Crippen LogP contribution in [-0.4, -0.2) is 18.0 Å². The van der Waals surface area contributed by atoms with E-state index in [1.807, 2.05) is 11.3 Å². The van der Waals surface area contributed by atoms with E-state index in [2.05, 4.69) is 83.4 Å². The maximum absolute atomic E-state index is 3.53. The molecule has 2 aromatic rings. The Bertz CT molecular complexity index is 565. The molecular formula is C17H23BrN2S. The lowest BCUT2D eigenvalue weighted by Crippen LogP contribution is -2.21. The fourth-order valence-electron chi connectivity index (χ4n) is 2.18. The molecule has 0 amide bonds. The van der Waals surface area contributed by atoms with E-state index in [9.17, 15) is 0 Å². The molecule has 0 fully saturated rings. The van der Waals surface area contributed by atoms with Gasteiger partial charge in [-0.1, -0.05) is 41.9 Å². The lowest BCUT2D eigenvalue weighted by atomic mass is 10.2. The summed E-state index contributed by atoms with van der Waals surface area (Å²) < 4.78 is 1.14. The third-order valence-corrected chi connectivity index (χ3v) is 4.73. The van der Waals surface area contributed by atoms with Crippen LogP contribution < -0.4 is 5.32 Å². The molecule has 0 aliphatic rings. The average molecular weight is 367 g/mol. The van der Waals surface area contributed by atoms with Crippen molar-refractivity contribution in [3.8, 4) is 0 Å². The van der Waals surface area contributed by atoms with Gasteiger partial charge in [0.2, 0.25) is 0 Å². The minimum Gasteiger partial charge on any atom is -0.310 e. The second kappa shape index (κ2) is 8.08. The molecule has 0 radical (unpaired) electrons. The van der Waals surface area contributed by atoms with E-state index < -0.39 is 0 Å². The summed E-state index contributed by atoms with van der Waals surface area (Å²) in [6.07, 6.45) is 0. The van der Waals surface area contributed by atoms with Gasteiger partial charge in [-0.05, 0) is 36.9 Å². The highest BCUT2D eigenvalue weighted by Gasteiger charge is 2.06. The van der Waals surface area contributed by atoms with E-state index >= 15 is 0 Å². The first-order chi connectivity index (χ1) is 10.0. The fourth-order valence-corrected chi connectivity index (χ4v) is 3.67. The molecule has 0 bridgehead atoms. The van der Waals surface area contributed by atoms with Gasteiger partial charge in [-0.25, -0.2) is 0 Å². The predicted octanol–water partition coefficient (Wildman–Crippen LogP) is 4.64. The first-order valence-electron chi connectivity index (χ1n) is 7.27. The first kappa shape index (κ1) is 16.7. The maximum Gasteiger partial charge on any atom is 0.0328 e. The van der Waals surface area contributed by atoms with Gasteiger partial charge in [0.1, 0.15) is 0 Å². The molecule has 0 spiro atoms. The highest BCUT2D eigenvalue weighted by Crippen LogP contribution is 2.19. The van der Waals surface area contributed by atoms with Crippen LogP contribution in [0, 0.1) is 0 Å². The van der Waals surface area contributed by atoms with Crippen molar-refractivity contribution in [1.29, 1.82) is 0 Å². The third-order valence-electron chi connectivity index (χ3n) is 3.17. The van der Waals surface area contributed by atoms with E-state index in [-0.39, 0.29) is 0 Å². The van der Waals surface area contributed by atoms with Gasteiger partial charge in [0.15, 0.2) is 0 Å². The monoisotopic (exact) mass is 366 g/mol. The summed E-state index contributed by atoms with van der Waals surface area (Å²) in [7, 11) is 2.17. The van der Waals surface area contributed by atoms with Crippen molar-refractivity contribution in [2.45, 2.75) is 39.5 Å². The van der Waals surface area contributed by atoms with Crippen LogP contribution in [0.1, 0.15) is 29.2 Å². The molecule has 1 aromatic carbocycles. The Kier molecular flexibility index (Phi) is 6.42. The van der Waals surface area contributed by atoms with Gasteiger partial charge < -0.3 is 5.32 Å². The SMILES string of the molecule is CC(C)NCc1ccc(CN(C)Cc2cccc(Br)c2)s1. The first-order valence-corrected chi connectivity index (χ1v) is 8.88. The average Bonchev–Trinajstić information content (AvgIpc) is 2.83. The number of hydrogen-bond donors (Lipinski definition) is 1. The molecule has 1 N–H and O–H groups in total. The second-order valence-electron chi connectivity index (χ2n) is 5.71. The third kappa shape index (κ3) is 5.91. The van der Waals surface area contributed by atoms with Crippen molar-refractivity contribution in [3.05, 3.63) is 56.2 Å². The van der Waals surface area contributed by atoms with Crippen LogP contribution in [-0.2, 0) is 19.6 Å². The van der Waals surface area contributed by atoms with E-state index in [1.165, 1.54) is 15.3 Å². The summed E-state index contributed by atoms with van der Waals surface area (Å²) >= 11 is 5.43. The molecule has 1 aromatic heterocycles. The fraction of sp³-hybridized carbons (Fsp3) is 0.412. The normalized spacial score (nSPS) is 11.5. The van der Waals surface area contributed by atoms with Crippen molar-refractivity contribution in [2.75, 3.05) is 7.05 Å². The lowest BCUT2D eigenvalue weighted by molar-refractivity contribution is 0.322. The number of rotatable bonds is 7. The lowest BCUT2D eigenvalue weighted by Gasteiger charge is -2.15. The Morgan fingerprint density at radius 1 is 1.14 bits per heavy atom. The molecule has 4 heteroatoms. The summed E-state index contributed by atoms with van der Waals surface area (Å²) in [5.41, 5.74) is 1.34. The Hall–Kier alpha value is -0.680. The van der Waals surface area contributed by atoms with Gasteiger partial charge in [0.05, 0.1) is 0 Å². The van der Waals surface area contributed by atoms with Crippen LogP contribution >= 0.6 is 27.3 Å². The summed E-state index contributed by atoms with van der Waals surface area (Å²) in [5, 5.41) is 3.47. The van der Waals surface area contributed by atoms with Crippen LogP contribution in [0.25, 0.3) is 0 Å². The summed E-state index contributed by atoms with van der Waals surface area (Å²) in [6.45, 7) is 7.30. The van der Waals surface area contributed by atoms with Gasteiger partial charge in [0.25, 0.3) is 0 Å². The zero-order valence-electron chi connectivity index (χ0n) is 12.9. The largest absolute Gasteiger partial charge is 0.310 e. The van der Waals surface area contributed by atoms with Crippen molar-refractivity contribution in [2.24, 2.45) is 0 Å². The van der Waals surface area contributed by atoms with Gasteiger partial charge in [-0.2, -0.15) is 0 Å². The Balaban J connectivity index is 1.86. The molecule has 114 valence electrons. The standard InChI is InChI=1S/C17H23BrN2S/c1-13(2)19-10-16-7-8-17(21-16)12-20(3)11-14-5-4-6-15(18)9-14/h4-9,13,19H,10-12H2,1-3H3. The number of benzene rings is 1. The molecule has 2 nitrogen and oxygen atoms in total. The van der Waals surface area contributed by atoms with E-state index in [4.69, 9.17) is 0 Å². The van der Waals surface area contributed by atoms with E-state index in [0.29, 0.717) is 6.04 Å². The molecule has 1 heterocycles. The van der Waals surface area contributed by atoms with Gasteiger partial charge in [-0.3, -0.25) is 4.90 Å². The second-order valence-corrected chi connectivity index (χ2v) is 7.87. The Morgan fingerprint density at radius 2 is 1.90 bits per heavy atom. The predicted molar refractivity (Wildman–Crippen MR) is 95.6 cm³/mol. The zero-order valence-corrected chi connectivity index (χ0v) is 15.3. The molecule has 0 saturated heterocycles. The molecule has 0 aliphatic heterocycles. The van der Waals surface area contributed by atoms with E-state index in [1.54, 1.807) is 0 Å². The molecule has 2 rings (SSSR count). The van der Waals surface area contributed by atoms with Crippen LogP contribution in [0.2, 0.25) is 0 Å². The van der Waals surface area contributed by atoms with Crippen molar-refractivity contribution in [1.82, 2.24) is 10.2 Å². The summed E-state index contributed by atoms with van der Waals surface area (Å²) in [5.74, 6) is 0. The van der Waals surface area contributed by atoms with Crippen LogP contribution in [0.15, 0.2) is 40.9 Å². The molecule has 0 atom stereocenters. The van der Waals surface area contributed by atoms with Gasteiger partial charge >= 0.3 is 0 Å². The minimum atomic E-state index is 0.537. The summed E-state index contributed by atoms with van der Waals surface area (Å²) in [6, 6.07) is 13.5.